The molecule has 4 fully saturated rings. The molecule has 7 N–H and O–H groups in total. The van der Waals surface area contributed by atoms with E-state index in [-0.39, 0.29) is 52.3 Å². The smallest absolute Gasteiger partial charge is 0.545 e. The molecule has 6 aromatic rings. The molecular weight excluding hydrogens is 1060 g/mol. The maximum atomic E-state index is 13.0. The van der Waals surface area contributed by atoms with Gasteiger partial charge in [0.1, 0.15) is 45.0 Å². The molecule has 0 aliphatic carbocycles. The Kier molecular flexibility index (Phi) is 22.0. The summed E-state index contributed by atoms with van der Waals surface area (Å²) in [6.45, 7) is 23.3. The third-order valence-corrected chi connectivity index (χ3v) is 15.0. The summed E-state index contributed by atoms with van der Waals surface area (Å²) in [4.78, 5) is 61.6. The number of pyridine rings is 2. The van der Waals surface area contributed by atoms with Crippen LogP contribution in [0.2, 0.25) is 10.3 Å². The monoisotopic (exact) mass is 1130 g/mol. The minimum atomic E-state index is -1.35. The van der Waals surface area contributed by atoms with Gasteiger partial charge in [-0.1, -0.05) is 47.2 Å². The number of aromatic carboxylic acids is 1. The number of carboxylic acid groups (broad SMARTS) is 1. The summed E-state index contributed by atoms with van der Waals surface area (Å²) in [5.74, 6) is 1.21. The number of nitrogens with one attached hydrogen (secondary N) is 3. The summed E-state index contributed by atoms with van der Waals surface area (Å²) >= 11 is 11.3. The number of carboxylic acids is 1. The van der Waals surface area contributed by atoms with Crippen molar-refractivity contribution in [2.75, 3.05) is 110 Å². The van der Waals surface area contributed by atoms with E-state index in [0.29, 0.717) is 84.6 Å². The summed E-state index contributed by atoms with van der Waals surface area (Å²) < 4.78 is 11.2. The minimum absolute atomic E-state index is 0. The second kappa shape index (κ2) is 28.8. The second-order valence-electron chi connectivity index (χ2n) is 19.6. The van der Waals surface area contributed by atoms with E-state index in [1.807, 2.05) is 32.6 Å². The first-order valence-corrected chi connectivity index (χ1v) is 27.8. The van der Waals surface area contributed by atoms with E-state index in [9.17, 15) is 14.7 Å². The van der Waals surface area contributed by atoms with E-state index in [4.69, 9.17) is 63.4 Å². The first kappa shape index (κ1) is 61.2. The number of nitrogens with two attached hydrogens (primary N) is 2. The Morgan fingerprint density at radius 3 is 1.51 bits per heavy atom. The number of aryl methyl sites for hydroxylation is 2. The van der Waals surface area contributed by atoms with E-state index in [2.05, 4.69) is 79.8 Å². The maximum absolute atomic E-state index is 13.0. The van der Waals surface area contributed by atoms with E-state index < -0.39 is 5.97 Å². The Bertz CT molecular complexity index is 3000. The molecule has 80 heavy (non-hydrogen) atoms. The summed E-state index contributed by atoms with van der Waals surface area (Å²) in [7, 11) is 0. The number of hydrogen-bond acceptors (Lipinski definition) is 24. The normalized spacial score (nSPS) is 18.3. The number of nitrogens with zero attached hydrogens (tertiary/aromatic N) is 15. The fourth-order valence-electron chi connectivity index (χ4n) is 10.7. The van der Waals surface area contributed by atoms with Gasteiger partial charge in [0, 0.05) is 95.2 Å². The molecule has 0 aromatic carbocycles. The van der Waals surface area contributed by atoms with Crippen LogP contribution < -0.4 is 61.2 Å². The zero-order valence-electron chi connectivity index (χ0n) is 46.7. The SMILES string of the molecule is CCNc1nnc(-c2cnc(N3CCN(C4CCN(C(=O)c5ccc(Cl)nc5N)CC4)[C@@H](CC)C3)c(C)n2)o1.CCNc1nnc(-c2cnc(N3CCN(C4CCNCC4)[C@@H](CC)C3)c(C)n2)o1.Nc1nc(Cl)ccc1C(=O)[O-].[Li+]. The second-order valence-corrected chi connectivity index (χ2v) is 20.4. The molecule has 4 saturated heterocycles. The predicted octanol–water partition coefficient (Wildman–Crippen LogP) is 1.71. The van der Waals surface area contributed by atoms with Crippen LogP contribution in [0, 0.1) is 13.8 Å². The number of piperazine rings is 2. The van der Waals surface area contributed by atoms with Crippen molar-refractivity contribution in [1.29, 1.82) is 0 Å². The quantitative estimate of drug-likeness (QED) is 0.0766. The maximum Gasteiger partial charge on any atom is 1.00 e. The topological polar surface area (TPSA) is 317 Å². The number of aromatic nitrogens is 10. The fourth-order valence-corrected chi connectivity index (χ4v) is 11.0. The van der Waals surface area contributed by atoms with Crippen LogP contribution in [-0.2, 0) is 0 Å². The van der Waals surface area contributed by atoms with Crippen molar-refractivity contribution in [2.45, 2.75) is 104 Å². The fraction of sp³-hybridized carbons (Fsp3) is 0.538. The number of halogens is 2. The number of anilines is 6. The standard InChI is InChI=1S/C26H35ClN10O2.C20H32N8O.C6H5ClN2O2.Li/c1-4-17-15-36(23-16(3)31-20(14-30-23)24-33-34-26(39-24)29-5-2)12-13-37(17)18-8-10-35(11-9-18)25(38)19-6-7-21(27)32-22(19)28;1-4-15-13-27(10-11-28(15)16-6-8-21-9-7-16)18-14(3)24-17(12-23-18)19-25-26-20(29-19)22-5-2;7-4-2-1-3(6(10)11)5(8)9-4;/h6-7,14,17-18H,4-5,8-13,15H2,1-3H3,(H2,28,32)(H,29,34);12,15-16,21H,4-11,13H2,1-3H3,(H,22,26);1-2H,(H2,8,9)(H,10,11);/q;;;+1/p-1/t17-;15-;;/m00../s1. The van der Waals surface area contributed by atoms with Crippen LogP contribution >= 0.6 is 23.2 Å². The van der Waals surface area contributed by atoms with E-state index in [1.54, 1.807) is 24.5 Å². The summed E-state index contributed by atoms with van der Waals surface area (Å²) in [5, 5.41) is 36.3. The van der Waals surface area contributed by atoms with Gasteiger partial charge < -0.3 is 60.9 Å². The minimum Gasteiger partial charge on any atom is -0.545 e. The molecule has 10 rings (SSSR count). The van der Waals surface area contributed by atoms with Gasteiger partial charge in [-0.25, -0.2) is 29.9 Å². The zero-order valence-corrected chi connectivity index (χ0v) is 48.2. The molecule has 10 heterocycles. The van der Waals surface area contributed by atoms with Gasteiger partial charge in [-0.2, -0.15) is 0 Å². The van der Waals surface area contributed by atoms with Crippen molar-refractivity contribution in [3.05, 3.63) is 69.5 Å². The van der Waals surface area contributed by atoms with Crippen LogP contribution in [0.1, 0.15) is 98.3 Å². The van der Waals surface area contributed by atoms with Gasteiger partial charge in [0.15, 0.2) is 0 Å². The van der Waals surface area contributed by atoms with E-state index in [0.717, 1.165) is 108 Å². The van der Waals surface area contributed by atoms with Crippen LogP contribution in [0.5, 0.6) is 0 Å². The molecule has 0 unspecified atom stereocenters. The average molecular weight is 1130 g/mol. The Balaban J connectivity index is 0.000000197. The third-order valence-electron chi connectivity index (χ3n) is 14.6. The van der Waals surface area contributed by atoms with Crippen molar-refractivity contribution in [3.63, 3.8) is 0 Å². The Morgan fingerprint density at radius 1 is 0.650 bits per heavy atom. The number of nitrogen functional groups attached to an aromatic ring is 2. The van der Waals surface area contributed by atoms with Gasteiger partial charge >= 0.3 is 30.9 Å². The first-order chi connectivity index (χ1) is 38.2. The molecule has 1 amide bonds. The Hall–Kier alpha value is -6.46. The van der Waals surface area contributed by atoms with Crippen molar-refractivity contribution < 1.29 is 42.4 Å². The van der Waals surface area contributed by atoms with Crippen LogP contribution in [0.15, 0.2) is 45.5 Å². The predicted molar refractivity (Wildman–Crippen MR) is 301 cm³/mol. The number of likely N-dealkylation sites (tertiary alicyclic amines) is 1. The molecule has 424 valence electrons. The summed E-state index contributed by atoms with van der Waals surface area (Å²) in [6.07, 6.45) is 9.99. The summed E-state index contributed by atoms with van der Waals surface area (Å²) in [6, 6.07) is 8.73. The molecular formula is C52H71Cl2LiN20O5. The number of rotatable bonds is 14. The van der Waals surface area contributed by atoms with E-state index >= 15 is 0 Å². The van der Waals surface area contributed by atoms with Gasteiger partial charge in [-0.3, -0.25) is 14.6 Å². The molecule has 0 bridgehead atoms. The molecule has 28 heteroatoms. The Labute approximate surface area is 488 Å². The van der Waals surface area contributed by atoms with Crippen molar-refractivity contribution in [1.82, 2.24) is 70.3 Å². The molecule has 6 aromatic heterocycles. The van der Waals surface area contributed by atoms with Gasteiger partial charge in [0.05, 0.1) is 35.3 Å². The number of piperidine rings is 2. The molecule has 4 aliphatic rings. The van der Waals surface area contributed by atoms with Crippen molar-refractivity contribution in [2.24, 2.45) is 0 Å². The van der Waals surface area contributed by atoms with Crippen LogP contribution in [0.25, 0.3) is 23.2 Å². The van der Waals surface area contributed by atoms with Crippen LogP contribution in [0.4, 0.5) is 35.3 Å². The molecule has 0 saturated carbocycles. The van der Waals surface area contributed by atoms with Crippen molar-refractivity contribution >= 4 is 70.4 Å². The average Bonchev–Trinajstić information content (AvgIpc) is 4.15. The van der Waals surface area contributed by atoms with E-state index in [1.165, 1.54) is 25.0 Å². The molecule has 0 radical (unpaired) electrons. The van der Waals surface area contributed by atoms with Gasteiger partial charge in [-0.05, 0) is 104 Å². The zero-order chi connectivity index (χ0) is 56.2. The number of amides is 1. The number of hydrogen-bond donors (Lipinski definition) is 5. The first-order valence-electron chi connectivity index (χ1n) is 27.1. The summed E-state index contributed by atoms with van der Waals surface area (Å²) in [5.41, 5.74) is 14.3. The number of carbonyl (C=O) groups excluding carboxylic acids is 2. The van der Waals surface area contributed by atoms with Crippen LogP contribution in [-0.4, -0.2) is 180 Å². The molecule has 25 nitrogen and oxygen atoms in total. The Morgan fingerprint density at radius 2 is 1.10 bits per heavy atom. The van der Waals surface area contributed by atoms with Crippen molar-refractivity contribution in [3.8, 4) is 23.2 Å². The van der Waals surface area contributed by atoms with Crippen LogP contribution in [0.3, 0.4) is 0 Å². The van der Waals surface area contributed by atoms with Gasteiger partial charge in [0.2, 0.25) is 0 Å². The van der Waals surface area contributed by atoms with Gasteiger partial charge in [0.25, 0.3) is 17.7 Å². The molecule has 4 aliphatic heterocycles. The molecule has 0 spiro atoms. The van der Waals surface area contributed by atoms with Gasteiger partial charge in [-0.15, -0.1) is 10.2 Å². The molecule has 2 atom stereocenters. The third kappa shape index (κ3) is 15.1. The largest absolute Gasteiger partial charge is 1.00 e. The number of carbonyl (C=O) groups is 2.